The molecule has 2 amide bonds. The van der Waals surface area contributed by atoms with Gasteiger partial charge in [0.2, 0.25) is 11.8 Å². The molecule has 0 radical (unpaired) electrons. The van der Waals surface area contributed by atoms with E-state index in [2.05, 4.69) is 10.6 Å². The number of anilines is 1. The van der Waals surface area contributed by atoms with Gasteiger partial charge in [-0.05, 0) is 31.0 Å². The predicted octanol–water partition coefficient (Wildman–Crippen LogP) is 2.80. The molecule has 0 aromatic heterocycles. The minimum absolute atomic E-state index is 0.0123. The molecular weight excluding hydrogens is 357 g/mol. The molecule has 2 heterocycles. The molecule has 2 aliphatic rings. The van der Waals surface area contributed by atoms with Crippen LogP contribution in [0.15, 0.2) is 23.1 Å². The summed E-state index contributed by atoms with van der Waals surface area (Å²) in [5, 5.41) is 4.53. The highest BCUT2D eigenvalue weighted by molar-refractivity contribution is 8.01. The average Bonchev–Trinajstić information content (AvgIpc) is 3.06. The molecule has 136 valence electrons. The Morgan fingerprint density at radius 1 is 1.40 bits per heavy atom. The minimum atomic E-state index is -4.47. The van der Waals surface area contributed by atoms with Crippen LogP contribution in [0.25, 0.3) is 0 Å². The van der Waals surface area contributed by atoms with Crippen LogP contribution in [-0.4, -0.2) is 36.3 Å². The van der Waals surface area contributed by atoms with Gasteiger partial charge in [0.15, 0.2) is 0 Å². The van der Waals surface area contributed by atoms with E-state index in [4.69, 9.17) is 4.74 Å². The Balaban J connectivity index is 1.59. The second kappa shape index (κ2) is 7.25. The Morgan fingerprint density at radius 3 is 2.88 bits per heavy atom. The number of carbonyl (C=O) groups excluding carboxylic acids is 2. The molecule has 1 saturated heterocycles. The number of hydrogen-bond donors (Lipinski definition) is 2. The van der Waals surface area contributed by atoms with E-state index in [9.17, 15) is 22.8 Å². The molecule has 9 heteroatoms. The van der Waals surface area contributed by atoms with Crippen molar-refractivity contribution in [2.45, 2.75) is 41.7 Å². The maximum Gasteiger partial charge on any atom is 0.416 e. The van der Waals surface area contributed by atoms with E-state index in [1.54, 1.807) is 0 Å². The molecule has 25 heavy (non-hydrogen) atoms. The smallest absolute Gasteiger partial charge is 0.376 e. The summed E-state index contributed by atoms with van der Waals surface area (Å²) in [4.78, 5) is 24.6. The number of fused-ring (bicyclic) bond motifs is 1. The summed E-state index contributed by atoms with van der Waals surface area (Å²) in [7, 11) is 0. The normalized spacial score (nSPS) is 23.1. The zero-order valence-corrected chi connectivity index (χ0v) is 14.0. The van der Waals surface area contributed by atoms with Crippen LogP contribution in [-0.2, 0) is 20.5 Å². The van der Waals surface area contributed by atoms with Gasteiger partial charge < -0.3 is 15.4 Å². The van der Waals surface area contributed by atoms with Crippen molar-refractivity contribution in [1.82, 2.24) is 5.32 Å². The van der Waals surface area contributed by atoms with E-state index in [0.29, 0.717) is 18.0 Å². The number of amides is 2. The number of halogens is 3. The maximum absolute atomic E-state index is 12.7. The van der Waals surface area contributed by atoms with Crippen molar-refractivity contribution in [3.05, 3.63) is 23.8 Å². The lowest BCUT2D eigenvalue weighted by Crippen LogP contribution is -2.37. The predicted molar refractivity (Wildman–Crippen MR) is 86.3 cm³/mol. The van der Waals surface area contributed by atoms with Crippen molar-refractivity contribution < 1.29 is 27.5 Å². The van der Waals surface area contributed by atoms with Crippen molar-refractivity contribution >= 4 is 29.3 Å². The van der Waals surface area contributed by atoms with Crippen LogP contribution in [0.5, 0.6) is 0 Å². The van der Waals surface area contributed by atoms with Crippen molar-refractivity contribution in [2.75, 3.05) is 18.5 Å². The lowest BCUT2D eigenvalue weighted by molar-refractivity contribution is -0.137. The monoisotopic (exact) mass is 374 g/mol. The Labute approximate surface area is 146 Å². The van der Waals surface area contributed by atoms with E-state index in [0.717, 1.165) is 36.7 Å². The summed E-state index contributed by atoms with van der Waals surface area (Å²) < 4.78 is 43.6. The molecule has 3 rings (SSSR count). The van der Waals surface area contributed by atoms with E-state index < -0.39 is 22.9 Å². The van der Waals surface area contributed by atoms with E-state index in [1.807, 2.05) is 0 Å². The first-order valence-electron chi connectivity index (χ1n) is 7.90. The minimum Gasteiger partial charge on any atom is -0.376 e. The summed E-state index contributed by atoms with van der Waals surface area (Å²) in [5.41, 5.74) is -0.694. The highest BCUT2D eigenvalue weighted by Crippen LogP contribution is 2.40. The highest BCUT2D eigenvalue weighted by atomic mass is 32.2. The van der Waals surface area contributed by atoms with Gasteiger partial charge in [-0.15, -0.1) is 11.8 Å². The van der Waals surface area contributed by atoms with Gasteiger partial charge in [0.25, 0.3) is 0 Å². The van der Waals surface area contributed by atoms with Crippen molar-refractivity contribution in [2.24, 2.45) is 0 Å². The van der Waals surface area contributed by atoms with Crippen molar-refractivity contribution in [3.63, 3.8) is 0 Å². The molecule has 0 bridgehead atoms. The first-order chi connectivity index (χ1) is 11.8. The zero-order chi connectivity index (χ0) is 18.0. The molecular formula is C16H17F3N2O3S. The second-order valence-corrected chi connectivity index (χ2v) is 7.19. The fourth-order valence-electron chi connectivity index (χ4n) is 2.73. The molecule has 0 saturated carbocycles. The van der Waals surface area contributed by atoms with Crippen LogP contribution >= 0.6 is 11.8 Å². The Hall–Kier alpha value is -1.74. The number of nitrogens with one attached hydrogen (secondary N) is 2. The third-order valence-corrected chi connectivity index (χ3v) is 5.32. The van der Waals surface area contributed by atoms with Crippen LogP contribution in [0.1, 0.15) is 24.8 Å². The number of alkyl halides is 3. The highest BCUT2D eigenvalue weighted by Gasteiger charge is 2.34. The van der Waals surface area contributed by atoms with Gasteiger partial charge in [0.05, 0.1) is 22.6 Å². The second-order valence-electron chi connectivity index (χ2n) is 5.95. The topological polar surface area (TPSA) is 67.4 Å². The molecule has 2 aliphatic heterocycles. The lowest BCUT2D eigenvalue weighted by Gasteiger charge is -2.24. The zero-order valence-electron chi connectivity index (χ0n) is 13.2. The molecule has 1 aromatic carbocycles. The van der Waals surface area contributed by atoms with Gasteiger partial charge in [-0.3, -0.25) is 9.59 Å². The molecule has 5 nitrogen and oxygen atoms in total. The lowest BCUT2D eigenvalue weighted by atomic mass is 10.1. The van der Waals surface area contributed by atoms with E-state index >= 15 is 0 Å². The standard InChI is InChI=1S/C16H17F3N2O3S/c17-16(18,19)9-3-4-12-11(6-9)21-15(23)13(25-12)7-14(22)20-8-10-2-1-5-24-10/h3-4,6,10,13H,1-2,5,7-8H2,(H,20,22)(H,21,23)/t10-,13-/m0/s1. The van der Waals surface area contributed by atoms with E-state index in [-0.39, 0.29) is 24.1 Å². The van der Waals surface area contributed by atoms with Crippen LogP contribution in [0, 0.1) is 0 Å². The number of hydrogen-bond acceptors (Lipinski definition) is 4. The molecule has 0 unspecified atom stereocenters. The third kappa shape index (κ3) is 4.46. The first kappa shape index (κ1) is 18.1. The molecule has 1 aromatic rings. The van der Waals surface area contributed by atoms with Crippen LogP contribution in [0.4, 0.5) is 18.9 Å². The quantitative estimate of drug-likeness (QED) is 0.851. The van der Waals surface area contributed by atoms with Crippen molar-refractivity contribution in [1.29, 1.82) is 0 Å². The van der Waals surface area contributed by atoms with Gasteiger partial charge in [0.1, 0.15) is 0 Å². The van der Waals surface area contributed by atoms with Crippen LogP contribution in [0.3, 0.4) is 0 Å². The average molecular weight is 374 g/mol. The van der Waals surface area contributed by atoms with Gasteiger partial charge in [-0.1, -0.05) is 0 Å². The fourth-order valence-corrected chi connectivity index (χ4v) is 3.83. The Bertz CT molecular complexity index is 675. The molecule has 2 N–H and O–H groups in total. The summed E-state index contributed by atoms with van der Waals surface area (Å²) in [6.07, 6.45) is -2.63. The fraction of sp³-hybridized carbons (Fsp3) is 0.500. The SMILES string of the molecule is O=C(C[C@@H]1Sc2ccc(C(F)(F)F)cc2NC1=O)NC[C@@H]1CCCO1. The van der Waals surface area contributed by atoms with Crippen molar-refractivity contribution in [3.8, 4) is 0 Å². The van der Waals surface area contributed by atoms with Crippen LogP contribution in [0.2, 0.25) is 0 Å². The molecule has 0 aliphatic carbocycles. The number of rotatable bonds is 4. The number of carbonyl (C=O) groups is 2. The largest absolute Gasteiger partial charge is 0.416 e. The number of ether oxygens (including phenoxy) is 1. The summed E-state index contributed by atoms with van der Waals surface area (Å²) in [5.74, 6) is -0.748. The Kier molecular flexibility index (Phi) is 5.24. The molecule has 2 atom stereocenters. The molecule has 1 fully saturated rings. The van der Waals surface area contributed by atoms with E-state index in [1.165, 1.54) is 6.07 Å². The summed E-state index contributed by atoms with van der Waals surface area (Å²) >= 11 is 1.10. The maximum atomic E-state index is 12.7. The summed E-state index contributed by atoms with van der Waals surface area (Å²) in [6, 6.07) is 3.20. The van der Waals surface area contributed by atoms with Gasteiger partial charge in [-0.2, -0.15) is 13.2 Å². The number of benzene rings is 1. The van der Waals surface area contributed by atoms with Gasteiger partial charge in [-0.25, -0.2) is 0 Å². The van der Waals surface area contributed by atoms with Crippen LogP contribution < -0.4 is 10.6 Å². The van der Waals surface area contributed by atoms with Gasteiger partial charge >= 0.3 is 6.18 Å². The first-order valence-corrected chi connectivity index (χ1v) is 8.78. The summed E-state index contributed by atoms with van der Waals surface area (Å²) in [6.45, 7) is 1.10. The molecule has 0 spiro atoms. The third-order valence-electron chi connectivity index (χ3n) is 4.05. The number of thioether (sulfide) groups is 1. The van der Waals surface area contributed by atoms with Gasteiger partial charge in [0, 0.05) is 24.5 Å². The Morgan fingerprint density at radius 2 is 2.20 bits per heavy atom.